The van der Waals surface area contributed by atoms with Crippen molar-refractivity contribution in [3.05, 3.63) is 65.2 Å². The van der Waals surface area contributed by atoms with E-state index in [1.165, 1.54) is 5.56 Å². The zero-order valence-corrected chi connectivity index (χ0v) is 10.4. The van der Waals surface area contributed by atoms with Gasteiger partial charge in [-0.15, -0.1) is 0 Å². The lowest BCUT2D eigenvalue weighted by Gasteiger charge is -2.08. The number of nitrogens with zero attached hydrogens (tertiary/aromatic N) is 1. The fourth-order valence-corrected chi connectivity index (χ4v) is 1.76. The Balaban J connectivity index is 1.98. The van der Waals surface area contributed by atoms with Crippen molar-refractivity contribution in [1.29, 1.82) is 5.26 Å². The molecule has 0 N–H and O–H groups in total. The first-order chi connectivity index (χ1) is 8.79. The van der Waals surface area contributed by atoms with Crippen LogP contribution < -0.4 is 4.74 Å². The van der Waals surface area contributed by atoms with Crippen LogP contribution in [0.1, 0.15) is 16.7 Å². The zero-order valence-electron chi connectivity index (χ0n) is 10.4. The summed E-state index contributed by atoms with van der Waals surface area (Å²) in [4.78, 5) is 0. The third-order valence-electron chi connectivity index (χ3n) is 2.75. The van der Waals surface area contributed by atoms with Gasteiger partial charge in [-0.25, -0.2) is 0 Å². The van der Waals surface area contributed by atoms with Crippen LogP contribution in [-0.2, 0) is 6.42 Å². The van der Waals surface area contributed by atoms with E-state index in [0.29, 0.717) is 17.9 Å². The molecule has 0 aliphatic carbocycles. The highest BCUT2D eigenvalue weighted by atomic mass is 16.5. The summed E-state index contributed by atoms with van der Waals surface area (Å²) in [5, 5.41) is 9.00. The Kier molecular flexibility index (Phi) is 3.98. The van der Waals surface area contributed by atoms with Crippen molar-refractivity contribution in [2.75, 3.05) is 6.61 Å². The Labute approximate surface area is 107 Å². The summed E-state index contributed by atoms with van der Waals surface area (Å²) >= 11 is 0. The standard InChI is InChI=1S/C16H15NO/c1-13-7-8-15(12-17)16(11-13)18-10-9-14-5-3-2-4-6-14/h2-8,11H,9-10H2,1H3. The van der Waals surface area contributed by atoms with Crippen LogP contribution in [0.5, 0.6) is 5.75 Å². The molecule has 2 aromatic rings. The van der Waals surface area contributed by atoms with E-state index in [0.717, 1.165) is 12.0 Å². The first kappa shape index (κ1) is 12.2. The van der Waals surface area contributed by atoms with E-state index in [2.05, 4.69) is 18.2 Å². The molecular weight excluding hydrogens is 222 g/mol. The lowest BCUT2D eigenvalue weighted by molar-refractivity contribution is 0.321. The van der Waals surface area contributed by atoms with Crippen molar-refractivity contribution >= 4 is 0 Å². The Morgan fingerprint density at radius 2 is 1.89 bits per heavy atom. The van der Waals surface area contributed by atoms with Crippen LogP contribution in [0.15, 0.2) is 48.5 Å². The van der Waals surface area contributed by atoms with Gasteiger partial charge in [0.15, 0.2) is 0 Å². The van der Waals surface area contributed by atoms with Gasteiger partial charge < -0.3 is 4.74 Å². The summed E-state index contributed by atoms with van der Waals surface area (Å²) in [5.41, 5.74) is 2.93. The van der Waals surface area contributed by atoms with Crippen LogP contribution in [0.4, 0.5) is 0 Å². The van der Waals surface area contributed by atoms with E-state index in [-0.39, 0.29) is 0 Å². The highest BCUT2D eigenvalue weighted by Gasteiger charge is 2.03. The Morgan fingerprint density at radius 1 is 1.11 bits per heavy atom. The van der Waals surface area contributed by atoms with Gasteiger partial charge in [0.25, 0.3) is 0 Å². The summed E-state index contributed by atoms with van der Waals surface area (Å²) in [6.45, 7) is 2.58. The van der Waals surface area contributed by atoms with Crippen molar-refractivity contribution in [1.82, 2.24) is 0 Å². The van der Waals surface area contributed by atoms with E-state index >= 15 is 0 Å². The zero-order chi connectivity index (χ0) is 12.8. The van der Waals surface area contributed by atoms with Crippen molar-refractivity contribution in [2.24, 2.45) is 0 Å². The minimum Gasteiger partial charge on any atom is -0.492 e. The normalized spacial score (nSPS) is 9.78. The topological polar surface area (TPSA) is 33.0 Å². The molecule has 0 aromatic heterocycles. The van der Waals surface area contributed by atoms with Gasteiger partial charge in [0.1, 0.15) is 11.8 Å². The molecule has 0 heterocycles. The second kappa shape index (κ2) is 5.88. The average molecular weight is 237 g/mol. The molecule has 18 heavy (non-hydrogen) atoms. The van der Waals surface area contributed by atoms with Crippen LogP contribution in [0, 0.1) is 18.3 Å². The number of rotatable bonds is 4. The minimum absolute atomic E-state index is 0.585. The molecule has 0 unspecified atom stereocenters. The lowest BCUT2D eigenvalue weighted by atomic mass is 10.1. The Morgan fingerprint density at radius 3 is 2.61 bits per heavy atom. The second-order valence-corrected chi connectivity index (χ2v) is 4.20. The molecule has 0 aliphatic heterocycles. The van der Waals surface area contributed by atoms with Crippen molar-refractivity contribution in [2.45, 2.75) is 13.3 Å². The van der Waals surface area contributed by atoms with Crippen LogP contribution >= 0.6 is 0 Å². The predicted octanol–water partition coefficient (Wildman–Crippen LogP) is 3.49. The quantitative estimate of drug-likeness (QED) is 0.815. The largest absolute Gasteiger partial charge is 0.492 e. The molecule has 0 aliphatic rings. The van der Waals surface area contributed by atoms with E-state index in [4.69, 9.17) is 10.00 Å². The molecule has 2 rings (SSSR count). The van der Waals surface area contributed by atoms with Crippen molar-refractivity contribution in [3.8, 4) is 11.8 Å². The smallest absolute Gasteiger partial charge is 0.137 e. The van der Waals surface area contributed by atoms with Crippen LogP contribution in [0.3, 0.4) is 0 Å². The number of hydrogen-bond acceptors (Lipinski definition) is 2. The van der Waals surface area contributed by atoms with Gasteiger partial charge >= 0.3 is 0 Å². The molecule has 2 aromatic carbocycles. The number of ether oxygens (including phenoxy) is 1. The maximum absolute atomic E-state index is 9.00. The van der Waals surface area contributed by atoms with Crippen molar-refractivity contribution < 1.29 is 4.74 Å². The third-order valence-corrected chi connectivity index (χ3v) is 2.75. The molecule has 0 radical (unpaired) electrons. The van der Waals surface area contributed by atoms with Crippen molar-refractivity contribution in [3.63, 3.8) is 0 Å². The van der Waals surface area contributed by atoms with Gasteiger partial charge in [-0.2, -0.15) is 5.26 Å². The van der Waals surface area contributed by atoms with E-state index in [1.54, 1.807) is 6.07 Å². The van der Waals surface area contributed by atoms with Gasteiger partial charge in [-0.1, -0.05) is 36.4 Å². The molecule has 0 bridgehead atoms. The molecule has 0 atom stereocenters. The van der Waals surface area contributed by atoms with Gasteiger partial charge in [0.2, 0.25) is 0 Å². The molecule has 0 saturated carbocycles. The summed E-state index contributed by atoms with van der Waals surface area (Å²) in [6, 6.07) is 18.0. The fraction of sp³-hybridized carbons (Fsp3) is 0.188. The number of hydrogen-bond donors (Lipinski definition) is 0. The van der Waals surface area contributed by atoms with E-state index in [1.807, 2.05) is 37.3 Å². The van der Waals surface area contributed by atoms with Gasteiger partial charge in [0.05, 0.1) is 12.2 Å². The van der Waals surface area contributed by atoms with Gasteiger partial charge in [-0.3, -0.25) is 0 Å². The first-order valence-electron chi connectivity index (χ1n) is 5.97. The number of benzene rings is 2. The summed E-state index contributed by atoms with van der Waals surface area (Å²) in [5.74, 6) is 0.674. The highest BCUT2D eigenvalue weighted by Crippen LogP contribution is 2.19. The lowest BCUT2D eigenvalue weighted by Crippen LogP contribution is -2.02. The number of nitriles is 1. The highest BCUT2D eigenvalue weighted by molar-refractivity contribution is 5.45. The summed E-state index contributed by atoms with van der Waals surface area (Å²) in [6.07, 6.45) is 0.847. The van der Waals surface area contributed by atoms with Gasteiger partial charge in [-0.05, 0) is 30.2 Å². The number of aryl methyl sites for hydroxylation is 1. The van der Waals surface area contributed by atoms with Crippen LogP contribution in [-0.4, -0.2) is 6.61 Å². The predicted molar refractivity (Wildman–Crippen MR) is 71.5 cm³/mol. The molecular formula is C16H15NO. The van der Waals surface area contributed by atoms with Gasteiger partial charge in [0, 0.05) is 6.42 Å². The Bertz CT molecular complexity index is 555. The first-order valence-corrected chi connectivity index (χ1v) is 5.97. The summed E-state index contributed by atoms with van der Waals surface area (Å²) < 4.78 is 5.69. The summed E-state index contributed by atoms with van der Waals surface area (Å²) in [7, 11) is 0. The third kappa shape index (κ3) is 3.11. The van der Waals surface area contributed by atoms with Crippen LogP contribution in [0.25, 0.3) is 0 Å². The second-order valence-electron chi connectivity index (χ2n) is 4.20. The molecule has 0 amide bonds. The fourth-order valence-electron chi connectivity index (χ4n) is 1.76. The molecule has 2 heteroatoms. The maximum atomic E-state index is 9.00. The Hall–Kier alpha value is -2.27. The minimum atomic E-state index is 0.585. The van der Waals surface area contributed by atoms with Crippen LogP contribution in [0.2, 0.25) is 0 Å². The SMILES string of the molecule is Cc1ccc(C#N)c(OCCc2ccccc2)c1. The molecule has 0 fully saturated rings. The average Bonchev–Trinajstić information content (AvgIpc) is 2.40. The molecule has 2 nitrogen and oxygen atoms in total. The molecule has 0 spiro atoms. The maximum Gasteiger partial charge on any atom is 0.137 e. The molecule has 90 valence electrons. The van der Waals surface area contributed by atoms with E-state index in [9.17, 15) is 0 Å². The monoisotopic (exact) mass is 237 g/mol. The molecule has 0 saturated heterocycles. The van der Waals surface area contributed by atoms with E-state index < -0.39 is 0 Å².